The molecule has 0 aliphatic heterocycles. The van der Waals surface area contributed by atoms with Crippen LogP contribution in [0.4, 0.5) is 0 Å². The van der Waals surface area contributed by atoms with Gasteiger partial charge in [0.15, 0.2) is 0 Å². The first-order chi connectivity index (χ1) is 7.19. The first kappa shape index (κ1) is 12.9. The van der Waals surface area contributed by atoms with E-state index in [0.717, 1.165) is 16.3 Å². The highest BCUT2D eigenvalue weighted by atomic mass is 35.5. The number of thioether (sulfide) groups is 1. The zero-order chi connectivity index (χ0) is 11.3. The SMILES string of the molecule is CCC(C)C(CN)Sc1ccccc1Cl. The molecule has 0 aliphatic carbocycles. The van der Waals surface area contributed by atoms with Crippen LogP contribution in [0.2, 0.25) is 5.02 Å². The third kappa shape index (κ3) is 3.71. The third-order valence-corrected chi connectivity index (χ3v) is 4.64. The first-order valence-corrected chi connectivity index (χ1v) is 6.56. The molecule has 1 aromatic carbocycles. The Morgan fingerprint density at radius 2 is 2.07 bits per heavy atom. The summed E-state index contributed by atoms with van der Waals surface area (Å²) < 4.78 is 0. The fraction of sp³-hybridized carbons (Fsp3) is 0.500. The molecule has 0 saturated heterocycles. The standard InChI is InChI=1S/C12H18ClNS/c1-3-9(2)12(8-14)15-11-7-5-4-6-10(11)13/h4-7,9,12H,3,8,14H2,1-2H3. The minimum absolute atomic E-state index is 0.454. The fourth-order valence-corrected chi connectivity index (χ4v) is 2.82. The molecular formula is C12H18ClNS. The number of hydrogen-bond acceptors (Lipinski definition) is 2. The molecular weight excluding hydrogens is 226 g/mol. The average molecular weight is 244 g/mol. The second-order valence-corrected chi connectivity index (χ2v) is 5.40. The van der Waals surface area contributed by atoms with E-state index in [1.165, 1.54) is 0 Å². The summed E-state index contributed by atoms with van der Waals surface area (Å²) in [6, 6.07) is 7.94. The maximum atomic E-state index is 6.11. The summed E-state index contributed by atoms with van der Waals surface area (Å²) in [6.45, 7) is 5.13. The molecule has 3 heteroatoms. The van der Waals surface area contributed by atoms with Gasteiger partial charge in [0.25, 0.3) is 0 Å². The molecule has 2 atom stereocenters. The molecule has 84 valence electrons. The molecule has 0 bridgehead atoms. The maximum Gasteiger partial charge on any atom is 0.0541 e. The van der Waals surface area contributed by atoms with E-state index in [4.69, 9.17) is 17.3 Å². The molecule has 0 heterocycles. The van der Waals surface area contributed by atoms with E-state index in [-0.39, 0.29) is 0 Å². The maximum absolute atomic E-state index is 6.11. The zero-order valence-electron chi connectivity index (χ0n) is 9.24. The monoisotopic (exact) mass is 243 g/mol. The van der Waals surface area contributed by atoms with Crippen LogP contribution in [0.3, 0.4) is 0 Å². The van der Waals surface area contributed by atoms with Gasteiger partial charge in [-0.3, -0.25) is 0 Å². The topological polar surface area (TPSA) is 26.0 Å². The van der Waals surface area contributed by atoms with Crippen molar-refractivity contribution in [2.24, 2.45) is 11.7 Å². The van der Waals surface area contributed by atoms with Crippen molar-refractivity contribution in [1.29, 1.82) is 0 Å². The van der Waals surface area contributed by atoms with Crippen LogP contribution >= 0.6 is 23.4 Å². The lowest BCUT2D eigenvalue weighted by atomic mass is 10.1. The van der Waals surface area contributed by atoms with Gasteiger partial charge in [0.1, 0.15) is 0 Å². The average Bonchev–Trinajstić information content (AvgIpc) is 2.27. The lowest BCUT2D eigenvalue weighted by Crippen LogP contribution is -2.23. The van der Waals surface area contributed by atoms with Gasteiger partial charge in [-0.15, -0.1) is 11.8 Å². The van der Waals surface area contributed by atoms with Gasteiger partial charge in [-0.2, -0.15) is 0 Å². The van der Waals surface area contributed by atoms with Crippen molar-refractivity contribution >= 4 is 23.4 Å². The van der Waals surface area contributed by atoms with E-state index < -0.39 is 0 Å². The van der Waals surface area contributed by atoms with Crippen LogP contribution in [0.25, 0.3) is 0 Å². The summed E-state index contributed by atoms with van der Waals surface area (Å²) in [5.74, 6) is 0.622. The van der Waals surface area contributed by atoms with Crippen LogP contribution in [0.1, 0.15) is 20.3 Å². The predicted octanol–water partition coefficient (Wildman–Crippen LogP) is 3.81. The van der Waals surface area contributed by atoms with Crippen molar-refractivity contribution in [2.45, 2.75) is 30.4 Å². The lowest BCUT2D eigenvalue weighted by Gasteiger charge is -2.21. The van der Waals surface area contributed by atoms with Gasteiger partial charge in [0.05, 0.1) is 5.02 Å². The van der Waals surface area contributed by atoms with Crippen molar-refractivity contribution in [1.82, 2.24) is 0 Å². The van der Waals surface area contributed by atoms with E-state index in [1.54, 1.807) is 11.8 Å². The van der Waals surface area contributed by atoms with E-state index in [2.05, 4.69) is 19.9 Å². The highest BCUT2D eigenvalue weighted by molar-refractivity contribution is 8.00. The molecule has 0 radical (unpaired) electrons. The van der Waals surface area contributed by atoms with Gasteiger partial charge in [0.2, 0.25) is 0 Å². The molecule has 2 unspecified atom stereocenters. The Labute approximate surface area is 101 Å². The summed E-state index contributed by atoms with van der Waals surface area (Å²) in [7, 11) is 0. The zero-order valence-corrected chi connectivity index (χ0v) is 10.8. The largest absolute Gasteiger partial charge is 0.329 e. The highest BCUT2D eigenvalue weighted by Gasteiger charge is 2.16. The Morgan fingerprint density at radius 1 is 1.40 bits per heavy atom. The molecule has 0 saturated carbocycles. The van der Waals surface area contributed by atoms with Crippen LogP contribution in [0.15, 0.2) is 29.2 Å². The molecule has 1 aromatic rings. The van der Waals surface area contributed by atoms with Crippen LogP contribution in [-0.2, 0) is 0 Å². The fourth-order valence-electron chi connectivity index (χ4n) is 1.36. The quantitative estimate of drug-likeness (QED) is 0.796. The Bertz CT molecular complexity index is 303. The summed E-state index contributed by atoms with van der Waals surface area (Å²) in [6.07, 6.45) is 1.15. The van der Waals surface area contributed by atoms with E-state index in [9.17, 15) is 0 Å². The number of halogens is 1. The van der Waals surface area contributed by atoms with Gasteiger partial charge >= 0.3 is 0 Å². The van der Waals surface area contributed by atoms with Crippen molar-refractivity contribution in [2.75, 3.05) is 6.54 Å². The van der Waals surface area contributed by atoms with Crippen LogP contribution in [0, 0.1) is 5.92 Å². The summed E-state index contributed by atoms with van der Waals surface area (Å²) in [4.78, 5) is 1.13. The number of nitrogens with two attached hydrogens (primary N) is 1. The first-order valence-electron chi connectivity index (χ1n) is 5.30. The van der Waals surface area contributed by atoms with Gasteiger partial charge in [-0.25, -0.2) is 0 Å². The van der Waals surface area contributed by atoms with Crippen molar-refractivity contribution in [3.8, 4) is 0 Å². The number of benzene rings is 1. The molecule has 0 fully saturated rings. The molecule has 0 aromatic heterocycles. The van der Waals surface area contributed by atoms with Crippen molar-refractivity contribution in [3.05, 3.63) is 29.3 Å². The van der Waals surface area contributed by atoms with Gasteiger partial charge in [-0.05, 0) is 18.1 Å². The van der Waals surface area contributed by atoms with Gasteiger partial charge in [-0.1, -0.05) is 44.0 Å². The summed E-state index contributed by atoms with van der Waals surface area (Å²) >= 11 is 7.90. The Hall–Kier alpha value is -0.180. The predicted molar refractivity (Wildman–Crippen MR) is 69.6 cm³/mol. The Balaban J connectivity index is 2.71. The van der Waals surface area contributed by atoms with Gasteiger partial charge in [0, 0.05) is 16.7 Å². The summed E-state index contributed by atoms with van der Waals surface area (Å²) in [5, 5.41) is 1.28. The molecule has 1 nitrogen and oxygen atoms in total. The van der Waals surface area contributed by atoms with Crippen molar-refractivity contribution in [3.63, 3.8) is 0 Å². The molecule has 2 N–H and O–H groups in total. The Morgan fingerprint density at radius 3 is 2.60 bits per heavy atom. The number of rotatable bonds is 5. The third-order valence-electron chi connectivity index (χ3n) is 2.63. The van der Waals surface area contributed by atoms with E-state index in [1.807, 2.05) is 18.2 Å². The highest BCUT2D eigenvalue weighted by Crippen LogP contribution is 2.33. The lowest BCUT2D eigenvalue weighted by molar-refractivity contribution is 0.538. The van der Waals surface area contributed by atoms with Crippen LogP contribution < -0.4 is 5.73 Å². The molecule has 1 rings (SSSR count). The number of hydrogen-bond donors (Lipinski definition) is 1. The Kier molecular flexibility index (Phi) is 5.51. The van der Waals surface area contributed by atoms with Crippen LogP contribution in [0.5, 0.6) is 0 Å². The summed E-state index contributed by atoms with van der Waals surface area (Å²) in [5.41, 5.74) is 5.78. The van der Waals surface area contributed by atoms with Crippen molar-refractivity contribution < 1.29 is 0 Å². The second-order valence-electron chi connectivity index (χ2n) is 3.71. The van der Waals surface area contributed by atoms with Crippen LogP contribution in [-0.4, -0.2) is 11.8 Å². The molecule has 0 aliphatic rings. The van der Waals surface area contributed by atoms with E-state index >= 15 is 0 Å². The van der Waals surface area contributed by atoms with Gasteiger partial charge < -0.3 is 5.73 Å². The molecule has 0 amide bonds. The molecule has 15 heavy (non-hydrogen) atoms. The van der Waals surface area contributed by atoms with E-state index in [0.29, 0.717) is 17.7 Å². The molecule has 0 spiro atoms. The minimum Gasteiger partial charge on any atom is -0.329 e. The minimum atomic E-state index is 0.454. The normalized spacial score (nSPS) is 14.9. The second kappa shape index (κ2) is 6.41. The smallest absolute Gasteiger partial charge is 0.0541 e.